The highest BCUT2D eigenvalue weighted by molar-refractivity contribution is 6.31. The van der Waals surface area contributed by atoms with Gasteiger partial charge in [-0.3, -0.25) is 9.78 Å². The van der Waals surface area contributed by atoms with Gasteiger partial charge in [-0.05, 0) is 49.7 Å². The Labute approximate surface area is 174 Å². The van der Waals surface area contributed by atoms with Gasteiger partial charge >= 0.3 is 0 Å². The summed E-state index contributed by atoms with van der Waals surface area (Å²) in [5.41, 5.74) is 3.00. The molecule has 3 heterocycles. The number of hydrogen-bond donors (Lipinski definition) is 1. The van der Waals surface area contributed by atoms with Crippen molar-refractivity contribution in [3.05, 3.63) is 64.4 Å². The number of carbonyl (C=O) groups is 1. The van der Waals surface area contributed by atoms with Crippen LogP contribution in [0.2, 0.25) is 5.02 Å². The van der Waals surface area contributed by atoms with E-state index >= 15 is 0 Å². The molecule has 4 rings (SSSR count). The lowest BCUT2D eigenvalue weighted by Gasteiger charge is -2.32. The number of benzene rings is 1. The van der Waals surface area contributed by atoms with Crippen molar-refractivity contribution < 1.29 is 9.53 Å². The van der Waals surface area contributed by atoms with E-state index < -0.39 is 0 Å². The molecule has 6 nitrogen and oxygen atoms in total. The van der Waals surface area contributed by atoms with Crippen LogP contribution in [0, 0.1) is 6.92 Å². The van der Waals surface area contributed by atoms with Crippen molar-refractivity contribution >= 4 is 34.2 Å². The number of fused-ring (bicyclic) bond motifs is 1. The number of pyridine rings is 2. The third-order valence-electron chi connectivity index (χ3n) is 5.04. The Balaban J connectivity index is 1.43. The van der Waals surface area contributed by atoms with Crippen LogP contribution in [0.15, 0.2) is 42.6 Å². The summed E-state index contributed by atoms with van der Waals surface area (Å²) in [5, 5.41) is 4.42. The van der Waals surface area contributed by atoms with Gasteiger partial charge in [0.15, 0.2) is 0 Å². The van der Waals surface area contributed by atoms with Crippen molar-refractivity contribution in [1.82, 2.24) is 15.3 Å². The molecular formula is C22H23ClN4O2. The van der Waals surface area contributed by atoms with Gasteiger partial charge in [-0.25, -0.2) is 4.98 Å². The van der Waals surface area contributed by atoms with Crippen molar-refractivity contribution in [3.8, 4) is 0 Å². The fraction of sp³-hybridized carbons (Fsp3) is 0.318. The molecule has 1 atom stereocenters. The minimum Gasteiger partial charge on any atom is -0.375 e. The van der Waals surface area contributed by atoms with E-state index in [1.165, 1.54) is 0 Å². The van der Waals surface area contributed by atoms with Crippen LogP contribution >= 0.6 is 11.6 Å². The number of nitrogens with zero attached hydrogens (tertiary/aromatic N) is 3. The normalized spacial score (nSPS) is 16.8. The first kappa shape index (κ1) is 19.6. The number of carbonyl (C=O) groups excluding carboxylic acids is 1. The Bertz CT molecular complexity index is 1040. The molecule has 1 aliphatic rings. The van der Waals surface area contributed by atoms with Gasteiger partial charge in [0, 0.05) is 36.2 Å². The molecule has 2 aromatic heterocycles. The Morgan fingerprint density at radius 3 is 2.93 bits per heavy atom. The van der Waals surface area contributed by atoms with E-state index in [1.807, 2.05) is 37.3 Å². The summed E-state index contributed by atoms with van der Waals surface area (Å²) in [4.78, 5) is 24.0. The molecule has 3 aromatic rings. The van der Waals surface area contributed by atoms with E-state index in [0.717, 1.165) is 35.4 Å². The van der Waals surface area contributed by atoms with E-state index in [1.54, 1.807) is 12.3 Å². The zero-order valence-corrected chi connectivity index (χ0v) is 17.2. The molecule has 0 radical (unpaired) electrons. The molecule has 0 saturated carbocycles. The van der Waals surface area contributed by atoms with Gasteiger partial charge < -0.3 is 15.0 Å². The third kappa shape index (κ3) is 4.49. The average molecular weight is 411 g/mol. The van der Waals surface area contributed by atoms with Crippen molar-refractivity contribution in [2.75, 3.05) is 24.6 Å². The van der Waals surface area contributed by atoms with E-state index in [2.05, 4.69) is 27.1 Å². The van der Waals surface area contributed by atoms with Gasteiger partial charge in [0.05, 0.1) is 29.5 Å². The Morgan fingerprint density at radius 2 is 2.17 bits per heavy atom. The van der Waals surface area contributed by atoms with Crippen LogP contribution in [0.3, 0.4) is 0 Å². The minimum atomic E-state index is -0.164. The summed E-state index contributed by atoms with van der Waals surface area (Å²) in [5.74, 6) is 0.768. The van der Waals surface area contributed by atoms with Gasteiger partial charge in [-0.15, -0.1) is 0 Å². The van der Waals surface area contributed by atoms with Gasteiger partial charge in [0.2, 0.25) is 0 Å². The Morgan fingerprint density at radius 1 is 1.31 bits per heavy atom. The lowest BCUT2D eigenvalue weighted by atomic mass is 10.1. The number of anilines is 1. The maximum absolute atomic E-state index is 12.7. The molecule has 7 heteroatoms. The number of aryl methyl sites for hydroxylation is 1. The zero-order valence-electron chi connectivity index (χ0n) is 16.5. The molecule has 150 valence electrons. The standard InChI is InChI=1S/C22H23ClN4O2/c1-14-13-27(7-8-29-14)21-6-3-16(11-24-21)12-25-22(28)19-10-17-9-18(23)4-5-20(17)26-15(19)2/h3-6,9-11,14H,7-8,12-13H2,1-2H3,(H,25,28). The molecule has 0 bridgehead atoms. The minimum absolute atomic E-state index is 0.164. The van der Waals surface area contributed by atoms with Crippen molar-refractivity contribution in [3.63, 3.8) is 0 Å². The Hall–Kier alpha value is -2.70. The second kappa shape index (κ2) is 8.35. The first-order valence-electron chi connectivity index (χ1n) is 9.66. The molecule has 1 aromatic carbocycles. The molecule has 29 heavy (non-hydrogen) atoms. The lowest BCUT2D eigenvalue weighted by molar-refractivity contribution is 0.0529. The van der Waals surface area contributed by atoms with Crippen LogP contribution in [0.1, 0.15) is 28.5 Å². The van der Waals surface area contributed by atoms with Crippen LogP contribution in [0.25, 0.3) is 10.9 Å². The quantitative estimate of drug-likeness (QED) is 0.709. The molecule has 1 unspecified atom stereocenters. The van der Waals surface area contributed by atoms with E-state index in [0.29, 0.717) is 29.4 Å². The fourth-order valence-corrected chi connectivity index (χ4v) is 3.67. The molecule has 1 aliphatic heterocycles. The average Bonchev–Trinajstić information content (AvgIpc) is 2.72. The van der Waals surface area contributed by atoms with Crippen LogP contribution < -0.4 is 10.2 Å². The summed E-state index contributed by atoms with van der Waals surface area (Å²) in [6.07, 6.45) is 2.01. The van der Waals surface area contributed by atoms with Gasteiger partial charge in [-0.2, -0.15) is 0 Å². The maximum Gasteiger partial charge on any atom is 0.253 e. The van der Waals surface area contributed by atoms with Crippen molar-refractivity contribution in [1.29, 1.82) is 0 Å². The SMILES string of the molecule is Cc1nc2ccc(Cl)cc2cc1C(=O)NCc1ccc(N2CCOC(C)C2)nc1. The number of hydrogen-bond acceptors (Lipinski definition) is 5. The van der Waals surface area contributed by atoms with E-state index in [4.69, 9.17) is 16.3 Å². The second-order valence-corrected chi connectivity index (χ2v) is 7.73. The highest BCUT2D eigenvalue weighted by Crippen LogP contribution is 2.21. The van der Waals surface area contributed by atoms with Crippen LogP contribution in [-0.2, 0) is 11.3 Å². The van der Waals surface area contributed by atoms with E-state index in [-0.39, 0.29) is 12.0 Å². The second-order valence-electron chi connectivity index (χ2n) is 7.29. The molecule has 1 amide bonds. The zero-order chi connectivity index (χ0) is 20.4. The Kier molecular flexibility index (Phi) is 5.65. The molecule has 1 N–H and O–H groups in total. The number of amides is 1. The summed E-state index contributed by atoms with van der Waals surface area (Å²) in [6.45, 7) is 6.69. The summed E-state index contributed by atoms with van der Waals surface area (Å²) in [7, 11) is 0. The largest absolute Gasteiger partial charge is 0.375 e. The van der Waals surface area contributed by atoms with Crippen molar-refractivity contribution in [2.24, 2.45) is 0 Å². The summed E-state index contributed by atoms with van der Waals surface area (Å²) < 4.78 is 5.57. The third-order valence-corrected chi connectivity index (χ3v) is 5.27. The smallest absolute Gasteiger partial charge is 0.253 e. The predicted molar refractivity (Wildman–Crippen MR) is 115 cm³/mol. The molecule has 0 aliphatic carbocycles. The van der Waals surface area contributed by atoms with Gasteiger partial charge in [-0.1, -0.05) is 17.7 Å². The summed E-state index contributed by atoms with van der Waals surface area (Å²) >= 11 is 6.06. The van der Waals surface area contributed by atoms with Gasteiger partial charge in [0.25, 0.3) is 5.91 Å². The number of aromatic nitrogens is 2. The van der Waals surface area contributed by atoms with Crippen LogP contribution in [0.5, 0.6) is 0 Å². The highest BCUT2D eigenvalue weighted by atomic mass is 35.5. The highest BCUT2D eigenvalue weighted by Gasteiger charge is 2.18. The first-order valence-corrected chi connectivity index (χ1v) is 10.0. The molecule has 1 fully saturated rings. The predicted octanol–water partition coefficient (Wildman–Crippen LogP) is 3.75. The molecule has 0 spiro atoms. The molecule has 1 saturated heterocycles. The topological polar surface area (TPSA) is 67.4 Å². The summed E-state index contributed by atoms with van der Waals surface area (Å²) in [6, 6.07) is 11.3. The number of halogens is 1. The first-order chi connectivity index (χ1) is 14.0. The monoisotopic (exact) mass is 410 g/mol. The number of ether oxygens (including phenoxy) is 1. The molecular weight excluding hydrogens is 388 g/mol. The lowest BCUT2D eigenvalue weighted by Crippen LogP contribution is -2.41. The van der Waals surface area contributed by atoms with E-state index in [9.17, 15) is 4.79 Å². The number of nitrogens with one attached hydrogen (secondary N) is 1. The number of rotatable bonds is 4. The number of morpholine rings is 1. The van der Waals surface area contributed by atoms with Crippen molar-refractivity contribution in [2.45, 2.75) is 26.5 Å². The van der Waals surface area contributed by atoms with Crippen LogP contribution in [0.4, 0.5) is 5.82 Å². The van der Waals surface area contributed by atoms with Gasteiger partial charge in [0.1, 0.15) is 5.82 Å². The maximum atomic E-state index is 12.7. The van der Waals surface area contributed by atoms with Crippen LogP contribution in [-0.4, -0.2) is 41.7 Å². The fourth-order valence-electron chi connectivity index (χ4n) is 3.49.